The molecule has 1 aromatic heterocycles. The van der Waals surface area contributed by atoms with Gasteiger partial charge in [-0.3, -0.25) is 4.57 Å². The number of alkyl halides is 3. The molecule has 1 aliphatic rings. The highest BCUT2D eigenvalue weighted by atomic mass is 35.5. The van der Waals surface area contributed by atoms with Gasteiger partial charge in [0.1, 0.15) is 0 Å². The second-order valence-electron chi connectivity index (χ2n) is 8.20. The van der Waals surface area contributed by atoms with E-state index in [1.807, 2.05) is 0 Å². The number of hydrogen-bond donors (Lipinski definition) is 1. The molecule has 11 heteroatoms. The Morgan fingerprint density at radius 3 is 2.41 bits per heavy atom. The first kappa shape index (κ1) is 24.3. The van der Waals surface area contributed by atoms with Crippen LogP contribution in [0.1, 0.15) is 49.3 Å². The number of anilines is 2. The van der Waals surface area contributed by atoms with Crippen LogP contribution in [-0.2, 0) is 12.7 Å². The van der Waals surface area contributed by atoms with Crippen LogP contribution in [0.3, 0.4) is 0 Å². The summed E-state index contributed by atoms with van der Waals surface area (Å²) in [5.41, 5.74) is -1.55. The molecule has 4 rings (SSSR count). The summed E-state index contributed by atoms with van der Waals surface area (Å²) in [6, 6.07) is 9.02. The molecule has 180 valence electrons. The third-order valence-electron chi connectivity index (χ3n) is 5.81. The van der Waals surface area contributed by atoms with E-state index in [-0.39, 0.29) is 29.2 Å². The minimum Gasteiger partial charge on any atom is -0.325 e. The lowest BCUT2D eigenvalue weighted by Crippen LogP contribution is -2.45. The molecule has 2 aromatic carbocycles. The Bertz CT molecular complexity index is 1310. The fraction of sp³-hybridized carbons (Fsp3) is 0.348. The van der Waals surface area contributed by atoms with Crippen LogP contribution in [0.4, 0.5) is 24.8 Å². The first-order valence-corrected chi connectivity index (χ1v) is 11.5. The van der Waals surface area contributed by atoms with E-state index in [0.717, 1.165) is 36.0 Å². The Morgan fingerprint density at radius 2 is 1.74 bits per heavy atom. The second kappa shape index (κ2) is 9.84. The smallest absolute Gasteiger partial charge is 0.325 e. The normalized spacial score (nSPS) is 14.9. The predicted octanol–water partition coefficient (Wildman–Crippen LogP) is 6.03. The fourth-order valence-corrected chi connectivity index (χ4v) is 4.44. The number of aromatic nitrogens is 3. The van der Waals surface area contributed by atoms with Gasteiger partial charge in [0.2, 0.25) is 5.95 Å². The Balaban J connectivity index is 1.80. The summed E-state index contributed by atoms with van der Waals surface area (Å²) in [6.07, 6.45) is -0.351. The molecule has 0 radical (unpaired) electrons. The van der Waals surface area contributed by atoms with Crippen LogP contribution in [0.25, 0.3) is 0 Å². The Morgan fingerprint density at radius 1 is 1.00 bits per heavy atom. The molecule has 6 nitrogen and oxygen atoms in total. The van der Waals surface area contributed by atoms with Gasteiger partial charge in [-0.1, -0.05) is 54.6 Å². The van der Waals surface area contributed by atoms with Crippen molar-refractivity contribution in [2.75, 3.05) is 5.32 Å². The van der Waals surface area contributed by atoms with Crippen LogP contribution < -0.4 is 16.7 Å². The minimum absolute atomic E-state index is 0.0168. The van der Waals surface area contributed by atoms with Crippen molar-refractivity contribution in [3.63, 3.8) is 0 Å². The van der Waals surface area contributed by atoms with Gasteiger partial charge in [0, 0.05) is 11.7 Å². The maximum atomic E-state index is 13.5. The van der Waals surface area contributed by atoms with Crippen molar-refractivity contribution in [1.29, 1.82) is 0 Å². The molecule has 1 aliphatic carbocycles. The lowest BCUT2D eigenvalue weighted by atomic mass is 9.95. The molecule has 3 aromatic rings. The van der Waals surface area contributed by atoms with Crippen LogP contribution in [-0.4, -0.2) is 14.1 Å². The third-order valence-corrected chi connectivity index (χ3v) is 6.55. The van der Waals surface area contributed by atoms with E-state index >= 15 is 0 Å². The largest absolute Gasteiger partial charge is 0.416 e. The summed E-state index contributed by atoms with van der Waals surface area (Å²) in [5, 5.41) is 3.35. The van der Waals surface area contributed by atoms with Crippen molar-refractivity contribution >= 4 is 34.8 Å². The zero-order chi connectivity index (χ0) is 24.5. The van der Waals surface area contributed by atoms with Gasteiger partial charge < -0.3 is 5.32 Å². The van der Waals surface area contributed by atoms with Crippen molar-refractivity contribution in [1.82, 2.24) is 14.1 Å². The summed E-state index contributed by atoms with van der Waals surface area (Å²) in [6.45, 7) is -0.0168. The molecule has 0 saturated heterocycles. The Kier molecular flexibility index (Phi) is 7.04. The Labute approximate surface area is 203 Å². The van der Waals surface area contributed by atoms with Gasteiger partial charge in [0.05, 0.1) is 22.2 Å². The van der Waals surface area contributed by atoms with Crippen molar-refractivity contribution in [2.24, 2.45) is 0 Å². The van der Waals surface area contributed by atoms with Crippen LogP contribution in [0.5, 0.6) is 0 Å². The Hall–Kier alpha value is -2.78. The van der Waals surface area contributed by atoms with Crippen molar-refractivity contribution in [3.8, 4) is 0 Å². The maximum Gasteiger partial charge on any atom is 0.416 e. The number of benzene rings is 2. The molecule has 1 heterocycles. The molecule has 1 fully saturated rings. The van der Waals surface area contributed by atoms with Crippen molar-refractivity contribution < 1.29 is 13.2 Å². The molecule has 0 bridgehead atoms. The average molecular weight is 513 g/mol. The third kappa shape index (κ3) is 5.31. The van der Waals surface area contributed by atoms with Crippen molar-refractivity contribution in [2.45, 2.75) is 50.9 Å². The average Bonchev–Trinajstić information content (AvgIpc) is 2.79. The van der Waals surface area contributed by atoms with Gasteiger partial charge in [0.25, 0.3) is 0 Å². The van der Waals surface area contributed by atoms with E-state index in [9.17, 15) is 22.8 Å². The summed E-state index contributed by atoms with van der Waals surface area (Å²) in [5.74, 6) is -0.160. The molecule has 0 amide bonds. The summed E-state index contributed by atoms with van der Waals surface area (Å²) in [7, 11) is 0. The first-order valence-electron chi connectivity index (χ1n) is 10.7. The second-order valence-corrected chi connectivity index (χ2v) is 9.01. The van der Waals surface area contributed by atoms with Crippen molar-refractivity contribution in [3.05, 3.63) is 84.6 Å². The number of rotatable bonds is 5. The zero-order valence-electron chi connectivity index (χ0n) is 17.9. The molecule has 0 atom stereocenters. The molecular formula is C23H21Cl2F3N4O2. The van der Waals surface area contributed by atoms with Gasteiger partial charge in [-0.15, -0.1) is 0 Å². The SMILES string of the molecule is O=c1nc(Nc2cccc(C(F)(F)F)c2)n(Cc2ccc(Cl)c(Cl)c2)c(=O)n1C1CCCCC1. The number of nitrogens with one attached hydrogen (secondary N) is 1. The maximum absolute atomic E-state index is 13.5. The van der Waals surface area contributed by atoms with E-state index in [4.69, 9.17) is 23.2 Å². The molecule has 1 saturated carbocycles. The standard InChI is InChI=1S/C23H21Cl2F3N4O2/c24-18-10-9-14(11-19(18)25)13-31-20(29-16-6-4-5-15(12-16)23(26,27)28)30-21(33)32(22(31)34)17-7-2-1-3-8-17/h4-6,9-12,17H,1-3,7-8,13H2,(H,29,30,33). The van der Waals surface area contributed by atoms with Crippen LogP contribution in [0.15, 0.2) is 52.1 Å². The quantitative estimate of drug-likeness (QED) is 0.453. The fourth-order valence-electron chi connectivity index (χ4n) is 4.12. The van der Waals surface area contributed by atoms with E-state index in [1.165, 1.54) is 16.7 Å². The van der Waals surface area contributed by atoms with Crippen LogP contribution >= 0.6 is 23.2 Å². The van der Waals surface area contributed by atoms with E-state index in [2.05, 4.69) is 10.3 Å². The molecule has 34 heavy (non-hydrogen) atoms. The van der Waals surface area contributed by atoms with E-state index < -0.39 is 23.1 Å². The summed E-state index contributed by atoms with van der Waals surface area (Å²) >= 11 is 12.1. The van der Waals surface area contributed by atoms with Gasteiger partial charge in [-0.05, 0) is 48.7 Å². The van der Waals surface area contributed by atoms with Gasteiger partial charge in [-0.2, -0.15) is 18.2 Å². The zero-order valence-corrected chi connectivity index (χ0v) is 19.4. The molecule has 0 spiro atoms. The highest BCUT2D eigenvalue weighted by molar-refractivity contribution is 6.42. The molecule has 0 unspecified atom stereocenters. The number of nitrogens with zero attached hydrogens (tertiary/aromatic N) is 3. The first-order chi connectivity index (χ1) is 16.1. The molecular weight excluding hydrogens is 492 g/mol. The van der Waals surface area contributed by atoms with E-state index in [0.29, 0.717) is 23.4 Å². The topological polar surface area (TPSA) is 68.9 Å². The number of hydrogen-bond acceptors (Lipinski definition) is 4. The van der Waals surface area contributed by atoms with Crippen LogP contribution in [0, 0.1) is 0 Å². The van der Waals surface area contributed by atoms with Gasteiger partial charge >= 0.3 is 17.6 Å². The highest BCUT2D eigenvalue weighted by Crippen LogP contribution is 2.31. The lowest BCUT2D eigenvalue weighted by molar-refractivity contribution is -0.137. The van der Waals surface area contributed by atoms with Gasteiger partial charge in [-0.25, -0.2) is 14.2 Å². The molecule has 1 N–H and O–H groups in total. The lowest BCUT2D eigenvalue weighted by Gasteiger charge is -2.24. The minimum atomic E-state index is -4.55. The van der Waals surface area contributed by atoms with Gasteiger partial charge in [0.15, 0.2) is 0 Å². The highest BCUT2D eigenvalue weighted by Gasteiger charge is 2.30. The predicted molar refractivity (Wildman–Crippen MR) is 125 cm³/mol. The van der Waals surface area contributed by atoms with Crippen LogP contribution in [0.2, 0.25) is 10.0 Å². The monoisotopic (exact) mass is 512 g/mol. The summed E-state index contributed by atoms with van der Waals surface area (Å²) in [4.78, 5) is 30.4. The summed E-state index contributed by atoms with van der Waals surface area (Å²) < 4.78 is 41.8. The molecule has 0 aliphatic heterocycles. The van der Waals surface area contributed by atoms with E-state index in [1.54, 1.807) is 18.2 Å². The number of halogens is 5.